The summed E-state index contributed by atoms with van der Waals surface area (Å²) in [5, 5.41) is 10.4. The molecule has 1 heterocycles. The van der Waals surface area contributed by atoms with Gasteiger partial charge in [-0.1, -0.05) is 30.3 Å². The number of carbonyl (C=O) groups excluding carboxylic acids is 2. The summed E-state index contributed by atoms with van der Waals surface area (Å²) in [7, 11) is 0. The van der Waals surface area contributed by atoms with Crippen molar-refractivity contribution in [3.05, 3.63) is 63.9 Å². The van der Waals surface area contributed by atoms with Crippen LogP contribution in [-0.4, -0.2) is 16.7 Å². The summed E-state index contributed by atoms with van der Waals surface area (Å²) in [4.78, 5) is 32.8. The summed E-state index contributed by atoms with van der Waals surface area (Å²) in [5.41, 5.74) is 5.11. The van der Waals surface area contributed by atoms with Crippen molar-refractivity contribution < 1.29 is 18.9 Å². The molecule has 8 nitrogen and oxygen atoms in total. The van der Waals surface area contributed by atoms with Crippen molar-refractivity contribution in [3.63, 3.8) is 0 Å². The predicted molar refractivity (Wildman–Crippen MR) is 71.1 cm³/mol. The average molecular weight is 289 g/mol. The summed E-state index contributed by atoms with van der Waals surface area (Å²) in [6.07, 6.45) is 0.0966. The first-order valence-corrected chi connectivity index (χ1v) is 5.93. The van der Waals surface area contributed by atoms with Gasteiger partial charge in [-0.05, 0) is 11.6 Å². The van der Waals surface area contributed by atoms with Gasteiger partial charge in [-0.2, -0.15) is 0 Å². The fourth-order valence-corrected chi connectivity index (χ4v) is 1.56. The second-order valence-corrected chi connectivity index (χ2v) is 4.06. The van der Waals surface area contributed by atoms with Crippen LogP contribution in [-0.2, 0) is 11.2 Å². The zero-order chi connectivity index (χ0) is 15.2. The molecular weight excluding hydrogens is 278 g/mol. The van der Waals surface area contributed by atoms with E-state index in [4.69, 9.17) is 4.42 Å². The molecular formula is C13H11N3O5. The van der Waals surface area contributed by atoms with Gasteiger partial charge in [0.1, 0.15) is 4.92 Å². The van der Waals surface area contributed by atoms with Crippen LogP contribution in [0.1, 0.15) is 16.1 Å². The Morgan fingerprint density at radius 2 is 1.81 bits per heavy atom. The van der Waals surface area contributed by atoms with Crippen molar-refractivity contribution in [3.8, 4) is 0 Å². The molecule has 2 N–H and O–H groups in total. The van der Waals surface area contributed by atoms with E-state index in [2.05, 4.69) is 10.9 Å². The van der Waals surface area contributed by atoms with Crippen LogP contribution in [0.4, 0.5) is 5.88 Å². The third kappa shape index (κ3) is 3.90. The minimum atomic E-state index is -0.774. The summed E-state index contributed by atoms with van der Waals surface area (Å²) >= 11 is 0. The molecule has 0 aliphatic rings. The molecule has 2 rings (SSSR count). The summed E-state index contributed by atoms with van der Waals surface area (Å²) in [6, 6.07) is 11.2. The highest BCUT2D eigenvalue weighted by molar-refractivity contribution is 5.93. The number of furan rings is 1. The Hall–Kier alpha value is -3.16. The number of hydrogen-bond acceptors (Lipinski definition) is 5. The predicted octanol–water partition coefficient (Wildman–Crippen LogP) is 1.19. The highest BCUT2D eigenvalue weighted by atomic mass is 16.6. The van der Waals surface area contributed by atoms with E-state index in [0.717, 1.165) is 17.7 Å². The van der Waals surface area contributed by atoms with Gasteiger partial charge in [0, 0.05) is 0 Å². The highest BCUT2D eigenvalue weighted by Gasteiger charge is 2.17. The topological polar surface area (TPSA) is 114 Å². The molecule has 21 heavy (non-hydrogen) atoms. The normalized spacial score (nSPS) is 9.90. The van der Waals surface area contributed by atoms with Crippen LogP contribution in [0.2, 0.25) is 0 Å². The molecule has 1 aromatic carbocycles. The largest absolute Gasteiger partial charge is 0.433 e. The summed E-state index contributed by atoms with van der Waals surface area (Å²) < 4.78 is 4.70. The van der Waals surface area contributed by atoms with Gasteiger partial charge < -0.3 is 4.42 Å². The highest BCUT2D eigenvalue weighted by Crippen LogP contribution is 2.14. The van der Waals surface area contributed by atoms with Crippen molar-refractivity contribution >= 4 is 17.7 Å². The molecule has 0 atom stereocenters. The van der Waals surface area contributed by atoms with Gasteiger partial charge in [0.05, 0.1) is 12.5 Å². The Morgan fingerprint density at radius 3 is 2.43 bits per heavy atom. The first-order chi connectivity index (χ1) is 10.1. The molecule has 108 valence electrons. The molecule has 0 unspecified atom stereocenters. The standard InChI is InChI=1S/C13H11N3O5/c17-11(8-9-4-2-1-3-5-9)14-15-13(18)10-6-7-12(21-10)16(19)20/h1-7H,8H2,(H,14,17)(H,15,18). The second kappa shape index (κ2) is 6.33. The van der Waals surface area contributed by atoms with Crippen molar-refractivity contribution in [2.45, 2.75) is 6.42 Å². The Balaban J connectivity index is 1.85. The van der Waals surface area contributed by atoms with E-state index in [9.17, 15) is 19.7 Å². The molecule has 1 aromatic heterocycles. The summed E-state index contributed by atoms with van der Waals surface area (Å²) in [6.45, 7) is 0. The molecule has 0 saturated carbocycles. The van der Waals surface area contributed by atoms with E-state index in [1.54, 1.807) is 24.3 Å². The number of hydrazine groups is 1. The lowest BCUT2D eigenvalue weighted by Crippen LogP contribution is -2.42. The van der Waals surface area contributed by atoms with Gasteiger partial charge in [-0.3, -0.25) is 30.6 Å². The van der Waals surface area contributed by atoms with E-state index in [0.29, 0.717) is 0 Å². The number of hydrogen-bond donors (Lipinski definition) is 2. The molecule has 0 fully saturated rings. The van der Waals surface area contributed by atoms with Crippen LogP contribution in [0.15, 0.2) is 46.9 Å². The van der Waals surface area contributed by atoms with E-state index >= 15 is 0 Å². The molecule has 0 bridgehead atoms. The van der Waals surface area contributed by atoms with Crippen molar-refractivity contribution in [2.24, 2.45) is 0 Å². The van der Waals surface area contributed by atoms with E-state index in [1.165, 1.54) is 0 Å². The molecule has 2 amide bonds. The van der Waals surface area contributed by atoms with Crippen LogP contribution in [0.5, 0.6) is 0 Å². The van der Waals surface area contributed by atoms with Crippen molar-refractivity contribution in [1.29, 1.82) is 0 Å². The van der Waals surface area contributed by atoms with Gasteiger partial charge in [-0.15, -0.1) is 0 Å². The number of carbonyl (C=O) groups is 2. The van der Waals surface area contributed by atoms with Crippen LogP contribution >= 0.6 is 0 Å². The van der Waals surface area contributed by atoms with Gasteiger partial charge >= 0.3 is 11.8 Å². The Kier molecular flexibility index (Phi) is 4.30. The smallest absolute Gasteiger partial charge is 0.395 e. The molecule has 2 aromatic rings. The lowest BCUT2D eigenvalue weighted by atomic mass is 10.1. The third-order valence-electron chi connectivity index (χ3n) is 2.52. The SMILES string of the molecule is O=C(Cc1ccccc1)NNC(=O)c1ccc([N+](=O)[O-])o1. The lowest BCUT2D eigenvalue weighted by molar-refractivity contribution is -0.402. The number of rotatable bonds is 4. The van der Waals surface area contributed by atoms with Crippen LogP contribution in [0, 0.1) is 10.1 Å². The Labute approximate surface area is 118 Å². The quantitative estimate of drug-likeness (QED) is 0.648. The number of nitrogens with one attached hydrogen (secondary N) is 2. The number of nitro groups is 1. The maximum atomic E-state index is 11.6. The molecule has 0 saturated heterocycles. The minimum Gasteiger partial charge on any atom is -0.395 e. The summed E-state index contributed by atoms with van der Waals surface area (Å²) in [5.74, 6) is -2.00. The van der Waals surface area contributed by atoms with Gasteiger partial charge in [-0.25, -0.2) is 0 Å². The minimum absolute atomic E-state index is 0.0966. The monoisotopic (exact) mass is 289 g/mol. The average Bonchev–Trinajstić information content (AvgIpc) is 2.96. The number of benzene rings is 1. The lowest BCUT2D eigenvalue weighted by Gasteiger charge is -2.05. The molecule has 0 aliphatic heterocycles. The first-order valence-electron chi connectivity index (χ1n) is 5.93. The maximum absolute atomic E-state index is 11.6. The van der Waals surface area contributed by atoms with Crippen LogP contribution < -0.4 is 10.9 Å². The maximum Gasteiger partial charge on any atom is 0.433 e. The molecule has 0 radical (unpaired) electrons. The van der Waals surface area contributed by atoms with Crippen LogP contribution in [0.25, 0.3) is 0 Å². The van der Waals surface area contributed by atoms with Gasteiger partial charge in [0.15, 0.2) is 0 Å². The zero-order valence-corrected chi connectivity index (χ0v) is 10.7. The molecule has 0 spiro atoms. The fourth-order valence-electron chi connectivity index (χ4n) is 1.56. The zero-order valence-electron chi connectivity index (χ0n) is 10.7. The second-order valence-electron chi connectivity index (χ2n) is 4.06. The first kappa shape index (κ1) is 14.3. The van der Waals surface area contributed by atoms with Crippen molar-refractivity contribution in [2.75, 3.05) is 0 Å². The van der Waals surface area contributed by atoms with Crippen molar-refractivity contribution in [1.82, 2.24) is 10.9 Å². The fraction of sp³-hybridized carbons (Fsp3) is 0.0769. The Morgan fingerprint density at radius 1 is 1.10 bits per heavy atom. The van der Waals surface area contributed by atoms with Gasteiger partial charge in [0.25, 0.3) is 0 Å². The van der Waals surface area contributed by atoms with Crippen LogP contribution in [0.3, 0.4) is 0 Å². The third-order valence-corrected chi connectivity index (χ3v) is 2.52. The van der Waals surface area contributed by atoms with Gasteiger partial charge in [0.2, 0.25) is 11.7 Å². The number of amides is 2. The van der Waals surface area contributed by atoms with E-state index in [1.807, 2.05) is 6.07 Å². The molecule has 8 heteroatoms. The number of nitrogens with zero attached hydrogens (tertiary/aromatic N) is 1. The Bertz CT molecular complexity index is 665. The van der Waals surface area contributed by atoms with E-state index < -0.39 is 22.6 Å². The van der Waals surface area contributed by atoms with E-state index in [-0.39, 0.29) is 12.2 Å². The molecule has 0 aliphatic carbocycles.